The van der Waals surface area contributed by atoms with Gasteiger partial charge in [0.1, 0.15) is 5.82 Å². The van der Waals surface area contributed by atoms with Gasteiger partial charge in [-0.3, -0.25) is 4.79 Å². The molecule has 4 heteroatoms. The monoisotopic (exact) mass is 299 g/mol. The lowest BCUT2D eigenvalue weighted by atomic mass is 10.1. The molecule has 0 saturated heterocycles. The third kappa shape index (κ3) is 3.42. The van der Waals surface area contributed by atoms with Crippen molar-refractivity contribution in [2.75, 3.05) is 5.32 Å². The molecule has 0 aliphatic heterocycles. The first-order valence-electron chi connectivity index (χ1n) is 7.09. The topological polar surface area (TPSA) is 65.8 Å². The van der Waals surface area contributed by atoms with E-state index in [1.54, 1.807) is 36.5 Å². The summed E-state index contributed by atoms with van der Waals surface area (Å²) in [6.07, 6.45) is 1.72. The minimum Gasteiger partial charge on any atom is -0.307 e. The number of hydrogen-bond donors (Lipinski definition) is 1. The Balaban J connectivity index is 1.76. The van der Waals surface area contributed by atoms with Crippen LogP contribution in [0.1, 0.15) is 15.9 Å². The van der Waals surface area contributed by atoms with Crippen LogP contribution >= 0.6 is 0 Å². The number of aromatic nitrogens is 1. The van der Waals surface area contributed by atoms with Crippen LogP contribution in [0.2, 0.25) is 0 Å². The first-order valence-corrected chi connectivity index (χ1v) is 7.09. The zero-order valence-electron chi connectivity index (χ0n) is 12.2. The molecule has 3 aromatic rings. The van der Waals surface area contributed by atoms with Gasteiger partial charge in [-0.1, -0.05) is 36.4 Å². The maximum Gasteiger partial charge on any atom is 0.256 e. The molecule has 0 fully saturated rings. The van der Waals surface area contributed by atoms with Crippen molar-refractivity contribution in [3.63, 3.8) is 0 Å². The highest BCUT2D eigenvalue weighted by Crippen LogP contribution is 2.19. The van der Waals surface area contributed by atoms with Gasteiger partial charge >= 0.3 is 0 Å². The van der Waals surface area contributed by atoms with Crippen molar-refractivity contribution < 1.29 is 4.79 Å². The average molecular weight is 299 g/mol. The van der Waals surface area contributed by atoms with Gasteiger partial charge in [-0.2, -0.15) is 5.26 Å². The van der Waals surface area contributed by atoms with Crippen LogP contribution in [0.15, 0.2) is 72.9 Å². The van der Waals surface area contributed by atoms with E-state index < -0.39 is 0 Å². The lowest BCUT2D eigenvalue weighted by Crippen LogP contribution is -2.12. The highest BCUT2D eigenvalue weighted by molar-refractivity contribution is 6.04. The minimum atomic E-state index is -0.290. The minimum absolute atomic E-state index is 0.290. The van der Waals surface area contributed by atoms with Gasteiger partial charge in [-0.15, -0.1) is 0 Å². The van der Waals surface area contributed by atoms with Crippen molar-refractivity contribution in [1.82, 2.24) is 4.98 Å². The molecular weight excluding hydrogens is 286 g/mol. The fourth-order valence-corrected chi connectivity index (χ4v) is 2.19. The van der Waals surface area contributed by atoms with Crippen molar-refractivity contribution >= 4 is 11.7 Å². The van der Waals surface area contributed by atoms with Crippen molar-refractivity contribution in [3.05, 3.63) is 84.1 Å². The second-order valence-electron chi connectivity index (χ2n) is 4.94. The van der Waals surface area contributed by atoms with Crippen molar-refractivity contribution in [2.24, 2.45) is 0 Å². The Hall–Kier alpha value is -3.45. The zero-order valence-corrected chi connectivity index (χ0v) is 12.2. The predicted octanol–water partition coefficient (Wildman–Crippen LogP) is 3.87. The lowest BCUT2D eigenvalue weighted by molar-refractivity contribution is 0.102. The predicted molar refractivity (Wildman–Crippen MR) is 88.8 cm³/mol. The molecule has 1 N–H and O–H groups in total. The molecular formula is C19H13N3O. The van der Waals surface area contributed by atoms with E-state index in [-0.39, 0.29) is 5.91 Å². The van der Waals surface area contributed by atoms with Gasteiger partial charge in [0.25, 0.3) is 5.91 Å². The van der Waals surface area contributed by atoms with Gasteiger partial charge in [0.2, 0.25) is 0 Å². The normalized spacial score (nSPS) is 9.87. The molecule has 1 heterocycles. The second kappa shape index (κ2) is 6.54. The van der Waals surface area contributed by atoms with Gasteiger partial charge < -0.3 is 5.32 Å². The first kappa shape index (κ1) is 14.5. The van der Waals surface area contributed by atoms with Gasteiger partial charge in [0.05, 0.1) is 11.6 Å². The highest BCUT2D eigenvalue weighted by atomic mass is 16.1. The number of rotatable bonds is 3. The summed E-state index contributed by atoms with van der Waals surface area (Å²) in [5, 5.41) is 11.6. The number of amides is 1. The molecule has 0 aliphatic rings. The molecule has 0 atom stereocenters. The summed E-state index contributed by atoms with van der Waals surface area (Å²) in [6.45, 7) is 0. The number of carbonyl (C=O) groups excluding carboxylic acids is 1. The van der Waals surface area contributed by atoms with E-state index in [0.29, 0.717) is 16.9 Å². The van der Waals surface area contributed by atoms with Crippen molar-refractivity contribution in [3.8, 4) is 17.2 Å². The number of nitrogens with one attached hydrogen (secondary N) is 1. The summed E-state index contributed by atoms with van der Waals surface area (Å²) in [4.78, 5) is 16.4. The van der Waals surface area contributed by atoms with Crippen LogP contribution in [0, 0.1) is 11.3 Å². The van der Waals surface area contributed by atoms with Crippen LogP contribution in [0.3, 0.4) is 0 Å². The average Bonchev–Trinajstić information content (AvgIpc) is 2.63. The van der Waals surface area contributed by atoms with Crippen molar-refractivity contribution in [2.45, 2.75) is 0 Å². The largest absolute Gasteiger partial charge is 0.307 e. The Morgan fingerprint density at radius 2 is 1.78 bits per heavy atom. The van der Waals surface area contributed by atoms with Gasteiger partial charge in [0.15, 0.2) is 0 Å². The molecule has 4 nitrogen and oxygen atoms in total. The fourth-order valence-electron chi connectivity index (χ4n) is 2.19. The van der Waals surface area contributed by atoms with E-state index >= 15 is 0 Å². The van der Waals surface area contributed by atoms with Crippen LogP contribution < -0.4 is 5.32 Å². The van der Waals surface area contributed by atoms with E-state index in [4.69, 9.17) is 5.26 Å². The number of hydrogen-bond acceptors (Lipinski definition) is 3. The Labute approximate surface area is 134 Å². The highest BCUT2D eigenvalue weighted by Gasteiger charge is 2.07. The Morgan fingerprint density at radius 1 is 0.957 bits per heavy atom. The Kier molecular flexibility index (Phi) is 4.12. The Bertz CT molecular complexity index is 865. The maximum atomic E-state index is 12.2. The summed E-state index contributed by atoms with van der Waals surface area (Å²) in [5.41, 5.74) is 2.93. The molecule has 0 radical (unpaired) electrons. The van der Waals surface area contributed by atoms with Crippen LogP contribution in [0.5, 0.6) is 0 Å². The SMILES string of the molecule is N#Cc1cccc(C(=O)Nc2ccc(-c3ccccc3)cn2)c1. The third-order valence-corrected chi connectivity index (χ3v) is 3.37. The summed E-state index contributed by atoms with van der Waals surface area (Å²) in [5.74, 6) is 0.180. The fraction of sp³-hybridized carbons (Fsp3) is 0. The van der Waals surface area contributed by atoms with E-state index in [0.717, 1.165) is 11.1 Å². The van der Waals surface area contributed by atoms with Gasteiger partial charge in [-0.05, 0) is 35.9 Å². The number of anilines is 1. The van der Waals surface area contributed by atoms with Crippen LogP contribution in [-0.4, -0.2) is 10.9 Å². The number of nitrogens with zero attached hydrogens (tertiary/aromatic N) is 2. The van der Waals surface area contributed by atoms with Crippen molar-refractivity contribution in [1.29, 1.82) is 5.26 Å². The standard InChI is InChI=1S/C19H13N3O/c20-12-14-5-4-8-16(11-14)19(23)22-18-10-9-17(13-21-18)15-6-2-1-3-7-15/h1-11,13H,(H,21,22,23). The molecule has 3 rings (SSSR count). The summed E-state index contributed by atoms with van der Waals surface area (Å²) >= 11 is 0. The molecule has 0 bridgehead atoms. The maximum absolute atomic E-state index is 12.2. The molecule has 23 heavy (non-hydrogen) atoms. The number of carbonyl (C=O) groups is 1. The van der Waals surface area contributed by atoms with Crippen LogP contribution in [0.25, 0.3) is 11.1 Å². The number of pyridine rings is 1. The third-order valence-electron chi connectivity index (χ3n) is 3.37. The van der Waals surface area contributed by atoms with Crippen LogP contribution in [-0.2, 0) is 0 Å². The Morgan fingerprint density at radius 3 is 2.48 bits per heavy atom. The summed E-state index contributed by atoms with van der Waals surface area (Å²) < 4.78 is 0. The van der Waals surface area contributed by atoms with E-state index in [1.165, 1.54) is 0 Å². The molecule has 0 unspecified atom stereocenters. The van der Waals surface area contributed by atoms with Crippen LogP contribution in [0.4, 0.5) is 5.82 Å². The zero-order chi connectivity index (χ0) is 16.1. The number of benzene rings is 2. The second-order valence-corrected chi connectivity index (χ2v) is 4.94. The molecule has 1 amide bonds. The summed E-state index contributed by atoms with van der Waals surface area (Å²) in [7, 11) is 0. The molecule has 2 aromatic carbocycles. The smallest absolute Gasteiger partial charge is 0.256 e. The lowest BCUT2D eigenvalue weighted by Gasteiger charge is -2.06. The first-order chi connectivity index (χ1) is 11.3. The van der Waals surface area contributed by atoms with E-state index in [2.05, 4.69) is 10.3 Å². The quantitative estimate of drug-likeness (QED) is 0.798. The molecule has 110 valence electrons. The van der Waals surface area contributed by atoms with E-state index in [9.17, 15) is 4.79 Å². The van der Waals surface area contributed by atoms with E-state index in [1.807, 2.05) is 42.5 Å². The number of nitriles is 1. The van der Waals surface area contributed by atoms with Gasteiger partial charge in [-0.25, -0.2) is 4.98 Å². The van der Waals surface area contributed by atoms with Gasteiger partial charge in [0, 0.05) is 17.3 Å². The summed E-state index contributed by atoms with van der Waals surface area (Å²) in [6, 6.07) is 22.1. The molecule has 1 aromatic heterocycles. The molecule has 0 aliphatic carbocycles. The molecule has 0 spiro atoms. The molecule has 0 saturated carbocycles.